The van der Waals surface area contributed by atoms with Crippen molar-refractivity contribution in [1.82, 2.24) is 5.43 Å². The molecule has 102 valence electrons. The van der Waals surface area contributed by atoms with E-state index in [9.17, 15) is 9.90 Å². The third kappa shape index (κ3) is 3.82. The van der Waals surface area contributed by atoms with Gasteiger partial charge in [-0.2, -0.15) is 5.10 Å². The van der Waals surface area contributed by atoms with E-state index in [0.717, 1.165) is 4.47 Å². The molecule has 0 aliphatic carbocycles. The van der Waals surface area contributed by atoms with Crippen LogP contribution < -0.4 is 5.43 Å². The van der Waals surface area contributed by atoms with Crippen LogP contribution in [0.1, 0.15) is 15.9 Å². The van der Waals surface area contributed by atoms with Crippen molar-refractivity contribution in [3.05, 3.63) is 63.1 Å². The van der Waals surface area contributed by atoms with Gasteiger partial charge in [0.25, 0.3) is 5.91 Å². The van der Waals surface area contributed by atoms with E-state index in [4.69, 9.17) is 11.6 Å². The molecule has 4 nitrogen and oxygen atoms in total. The van der Waals surface area contributed by atoms with Gasteiger partial charge in [0.2, 0.25) is 0 Å². The highest BCUT2D eigenvalue weighted by molar-refractivity contribution is 9.10. The molecule has 0 bridgehead atoms. The van der Waals surface area contributed by atoms with Gasteiger partial charge in [0.1, 0.15) is 5.75 Å². The van der Waals surface area contributed by atoms with Crippen molar-refractivity contribution in [1.29, 1.82) is 0 Å². The van der Waals surface area contributed by atoms with Crippen molar-refractivity contribution in [3.8, 4) is 5.75 Å². The van der Waals surface area contributed by atoms with Gasteiger partial charge >= 0.3 is 0 Å². The molecule has 0 atom stereocenters. The second-order valence-electron chi connectivity index (χ2n) is 3.91. The minimum absolute atomic E-state index is 0.124. The highest BCUT2D eigenvalue weighted by Gasteiger charge is 2.03. The summed E-state index contributed by atoms with van der Waals surface area (Å²) in [7, 11) is 0. The van der Waals surface area contributed by atoms with Crippen LogP contribution in [0, 0.1) is 0 Å². The van der Waals surface area contributed by atoms with Crippen molar-refractivity contribution in [2.24, 2.45) is 5.10 Å². The summed E-state index contributed by atoms with van der Waals surface area (Å²) in [6, 6.07) is 11.3. The summed E-state index contributed by atoms with van der Waals surface area (Å²) in [6.45, 7) is 0. The van der Waals surface area contributed by atoms with Crippen molar-refractivity contribution in [3.63, 3.8) is 0 Å². The van der Waals surface area contributed by atoms with Gasteiger partial charge < -0.3 is 5.11 Å². The van der Waals surface area contributed by atoms with Crippen LogP contribution in [-0.4, -0.2) is 17.2 Å². The molecule has 0 aliphatic rings. The number of hydrogen-bond acceptors (Lipinski definition) is 3. The third-order valence-corrected chi connectivity index (χ3v) is 3.43. The Labute approximate surface area is 129 Å². The Hall–Kier alpha value is -1.85. The summed E-state index contributed by atoms with van der Waals surface area (Å²) < 4.78 is 0.764. The van der Waals surface area contributed by atoms with E-state index in [-0.39, 0.29) is 11.7 Å². The van der Waals surface area contributed by atoms with Gasteiger partial charge in [0.05, 0.1) is 6.21 Å². The lowest BCUT2D eigenvalue weighted by Gasteiger charge is -2.01. The molecule has 20 heavy (non-hydrogen) atoms. The number of rotatable bonds is 3. The Morgan fingerprint density at radius 2 is 1.95 bits per heavy atom. The van der Waals surface area contributed by atoms with Crippen LogP contribution in [0.15, 0.2) is 52.0 Å². The number of nitrogens with zero attached hydrogens (tertiary/aromatic N) is 1. The van der Waals surface area contributed by atoms with E-state index >= 15 is 0 Å². The van der Waals surface area contributed by atoms with Crippen molar-refractivity contribution >= 4 is 39.7 Å². The van der Waals surface area contributed by atoms with Gasteiger partial charge in [0, 0.05) is 20.6 Å². The summed E-state index contributed by atoms with van der Waals surface area (Å²) in [5, 5.41) is 13.8. The zero-order valence-corrected chi connectivity index (χ0v) is 12.5. The third-order valence-electron chi connectivity index (χ3n) is 2.46. The van der Waals surface area contributed by atoms with Crippen LogP contribution in [0.2, 0.25) is 5.02 Å². The zero-order valence-electron chi connectivity index (χ0n) is 10.2. The maximum Gasteiger partial charge on any atom is 0.271 e. The first-order valence-corrected chi connectivity index (χ1v) is 6.81. The topological polar surface area (TPSA) is 61.7 Å². The summed E-state index contributed by atoms with van der Waals surface area (Å²) in [6.07, 6.45) is 1.44. The molecule has 1 amide bonds. The fourth-order valence-electron chi connectivity index (χ4n) is 1.46. The molecule has 0 saturated heterocycles. The Kier molecular flexibility index (Phi) is 4.76. The molecule has 6 heteroatoms. The second-order valence-corrected chi connectivity index (χ2v) is 5.20. The zero-order chi connectivity index (χ0) is 14.5. The lowest BCUT2D eigenvalue weighted by molar-refractivity contribution is 0.0955. The maximum atomic E-state index is 11.8. The molecule has 2 N–H and O–H groups in total. The standard InChI is InChI=1S/C14H10BrClN2O2/c15-13-6-5-12(19)7-10(13)8-17-18-14(20)9-1-3-11(16)4-2-9/h1-8,19H,(H,18,20). The van der Waals surface area contributed by atoms with Crippen LogP contribution in [-0.2, 0) is 0 Å². The Bertz CT molecular complexity index is 657. The lowest BCUT2D eigenvalue weighted by atomic mass is 10.2. The molecular formula is C14H10BrClN2O2. The van der Waals surface area contributed by atoms with Crippen LogP contribution in [0.25, 0.3) is 0 Å². The molecule has 0 saturated carbocycles. The quantitative estimate of drug-likeness (QED) is 0.654. The summed E-state index contributed by atoms with van der Waals surface area (Å²) >= 11 is 9.06. The number of phenols is 1. The number of aromatic hydroxyl groups is 1. The number of hydrogen-bond donors (Lipinski definition) is 2. The lowest BCUT2D eigenvalue weighted by Crippen LogP contribution is -2.17. The van der Waals surface area contributed by atoms with Crippen molar-refractivity contribution in [2.75, 3.05) is 0 Å². The summed E-state index contributed by atoms with van der Waals surface area (Å²) in [5.41, 5.74) is 3.51. The fourth-order valence-corrected chi connectivity index (χ4v) is 1.93. The highest BCUT2D eigenvalue weighted by Crippen LogP contribution is 2.19. The Morgan fingerprint density at radius 1 is 1.25 bits per heavy atom. The first-order chi connectivity index (χ1) is 9.56. The van der Waals surface area contributed by atoms with Crippen LogP contribution in [0.5, 0.6) is 5.75 Å². The van der Waals surface area contributed by atoms with Gasteiger partial charge in [-0.25, -0.2) is 5.43 Å². The molecule has 2 rings (SSSR count). The predicted molar refractivity (Wildman–Crippen MR) is 82.3 cm³/mol. The van der Waals surface area contributed by atoms with Crippen molar-refractivity contribution in [2.45, 2.75) is 0 Å². The number of carbonyl (C=O) groups is 1. The molecule has 0 unspecified atom stereocenters. The van der Waals surface area contributed by atoms with Gasteiger partial charge in [0.15, 0.2) is 0 Å². The Balaban J connectivity index is 2.04. The van der Waals surface area contributed by atoms with E-state index in [1.807, 2.05) is 0 Å². The van der Waals surface area contributed by atoms with E-state index in [1.165, 1.54) is 12.3 Å². The average molecular weight is 354 g/mol. The fraction of sp³-hybridized carbons (Fsp3) is 0. The van der Waals surface area contributed by atoms with Gasteiger partial charge in [-0.15, -0.1) is 0 Å². The first-order valence-electron chi connectivity index (χ1n) is 5.64. The van der Waals surface area contributed by atoms with E-state index in [2.05, 4.69) is 26.5 Å². The van der Waals surface area contributed by atoms with E-state index < -0.39 is 0 Å². The molecule has 0 radical (unpaired) electrons. The first kappa shape index (κ1) is 14.6. The molecule has 0 spiro atoms. The number of amides is 1. The molecule has 0 aliphatic heterocycles. The molecular weight excluding hydrogens is 344 g/mol. The largest absolute Gasteiger partial charge is 0.508 e. The number of benzene rings is 2. The van der Waals surface area contributed by atoms with E-state index in [0.29, 0.717) is 16.1 Å². The van der Waals surface area contributed by atoms with Crippen molar-refractivity contribution < 1.29 is 9.90 Å². The number of hydrazone groups is 1. The number of phenolic OH excluding ortho intramolecular Hbond substituents is 1. The normalized spacial score (nSPS) is 10.7. The van der Waals surface area contributed by atoms with Gasteiger partial charge in [-0.05, 0) is 42.5 Å². The monoisotopic (exact) mass is 352 g/mol. The number of carbonyl (C=O) groups excluding carboxylic acids is 1. The van der Waals surface area contributed by atoms with Crippen LogP contribution in [0.4, 0.5) is 0 Å². The number of nitrogens with one attached hydrogen (secondary N) is 1. The Morgan fingerprint density at radius 3 is 2.65 bits per heavy atom. The highest BCUT2D eigenvalue weighted by atomic mass is 79.9. The second kappa shape index (κ2) is 6.54. The molecule has 0 fully saturated rings. The number of halogens is 2. The minimum atomic E-state index is -0.339. The van der Waals surface area contributed by atoms with Crippen LogP contribution >= 0.6 is 27.5 Å². The predicted octanol–water partition coefficient (Wildman–Crippen LogP) is 3.57. The maximum absolute atomic E-state index is 11.8. The average Bonchev–Trinajstić information content (AvgIpc) is 2.43. The molecule has 2 aromatic carbocycles. The van der Waals surface area contributed by atoms with E-state index in [1.54, 1.807) is 36.4 Å². The molecule has 2 aromatic rings. The van der Waals surface area contributed by atoms with Gasteiger partial charge in [-0.1, -0.05) is 27.5 Å². The molecule has 0 heterocycles. The smallest absolute Gasteiger partial charge is 0.271 e. The SMILES string of the molecule is O=C(NN=Cc1cc(O)ccc1Br)c1ccc(Cl)cc1. The van der Waals surface area contributed by atoms with Gasteiger partial charge in [-0.3, -0.25) is 4.79 Å². The van der Waals surface area contributed by atoms with Crippen LogP contribution in [0.3, 0.4) is 0 Å². The summed E-state index contributed by atoms with van der Waals surface area (Å²) in [4.78, 5) is 11.8. The summed E-state index contributed by atoms with van der Waals surface area (Å²) in [5.74, 6) is -0.215. The molecule has 0 aromatic heterocycles. The minimum Gasteiger partial charge on any atom is -0.508 e.